The van der Waals surface area contributed by atoms with Crippen molar-refractivity contribution in [3.63, 3.8) is 0 Å². The first kappa shape index (κ1) is 15.7. The topological polar surface area (TPSA) is 46.5 Å². The highest BCUT2D eigenvalue weighted by Crippen LogP contribution is 2.24. The first-order chi connectivity index (χ1) is 7.97. The number of hydrogen-bond donors (Lipinski definition) is 1. The fourth-order valence-corrected chi connectivity index (χ4v) is 1.61. The summed E-state index contributed by atoms with van der Waals surface area (Å²) in [7, 11) is 0. The fraction of sp³-hybridized carbons (Fsp3) is 0.500. The molecule has 0 aliphatic carbocycles. The molecule has 0 aromatic rings. The van der Waals surface area contributed by atoms with Crippen molar-refractivity contribution in [2.24, 2.45) is 11.8 Å². The summed E-state index contributed by atoms with van der Waals surface area (Å²) in [5.41, 5.74) is 0. The third-order valence-corrected chi connectivity index (χ3v) is 2.48. The number of esters is 1. The van der Waals surface area contributed by atoms with Crippen molar-refractivity contribution >= 4 is 5.97 Å². The molecule has 3 heteroatoms. The number of allylic oxidation sites excluding steroid dienone is 3. The second-order valence-electron chi connectivity index (χ2n) is 4.17. The van der Waals surface area contributed by atoms with Crippen LogP contribution in [0.15, 0.2) is 38.0 Å². The van der Waals surface area contributed by atoms with Gasteiger partial charge in [-0.25, -0.2) is 4.79 Å². The quantitative estimate of drug-likeness (QED) is 0.522. The summed E-state index contributed by atoms with van der Waals surface area (Å²) in [6.45, 7) is 14.4. The second-order valence-corrected chi connectivity index (χ2v) is 4.17. The maximum absolute atomic E-state index is 11.6. The van der Waals surface area contributed by atoms with Gasteiger partial charge in [0.25, 0.3) is 0 Å². The smallest absolute Gasteiger partial charge is 0.335 e. The van der Waals surface area contributed by atoms with E-state index in [2.05, 4.69) is 19.7 Å². The van der Waals surface area contributed by atoms with Gasteiger partial charge >= 0.3 is 5.97 Å². The summed E-state index contributed by atoms with van der Waals surface area (Å²) in [4.78, 5) is 11.6. The Labute approximate surface area is 103 Å². The predicted octanol–water partition coefficient (Wildman–Crippen LogP) is 2.48. The van der Waals surface area contributed by atoms with Gasteiger partial charge in [0.2, 0.25) is 0 Å². The Bertz CT molecular complexity index is 273. The maximum Gasteiger partial charge on any atom is 0.335 e. The molecular weight excluding hydrogens is 216 g/mol. The van der Waals surface area contributed by atoms with Crippen LogP contribution in [0.3, 0.4) is 0 Å². The minimum Gasteiger partial charge on any atom is -0.461 e. The van der Waals surface area contributed by atoms with Gasteiger partial charge in [-0.3, -0.25) is 0 Å². The molecule has 0 bridgehead atoms. The molecule has 0 aromatic heterocycles. The van der Waals surface area contributed by atoms with Gasteiger partial charge in [0, 0.05) is 11.8 Å². The molecule has 0 unspecified atom stereocenters. The number of carbonyl (C=O) groups is 1. The van der Waals surface area contributed by atoms with Crippen molar-refractivity contribution in [3.05, 3.63) is 38.0 Å². The Morgan fingerprint density at radius 2 is 1.82 bits per heavy atom. The maximum atomic E-state index is 11.6. The third kappa shape index (κ3) is 5.00. The van der Waals surface area contributed by atoms with E-state index in [1.54, 1.807) is 32.1 Å². The molecule has 0 fully saturated rings. The highest BCUT2D eigenvalue weighted by Gasteiger charge is 2.30. The molecule has 1 N–H and O–H groups in total. The molecule has 96 valence electrons. The van der Waals surface area contributed by atoms with Crippen molar-refractivity contribution in [1.82, 2.24) is 0 Å². The monoisotopic (exact) mass is 238 g/mol. The molecule has 0 radical (unpaired) electrons. The molecule has 0 aliphatic heterocycles. The van der Waals surface area contributed by atoms with Crippen molar-refractivity contribution in [2.45, 2.75) is 32.5 Å². The van der Waals surface area contributed by atoms with Crippen LogP contribution in [0.5, 0.6) is 0 Å². The number of hydrogen-bond acceptors (Lipinski definition) is 3. The van der Waals surface area contributed by atoms with E-state index in [0.717, 1.165) is 0 Å². The van der Waals surface area contributed by atoms with Crippen LogP contribution in [0.25, 0.3) is 0 Å². The number of aliphatic hydroxyl groups is 1. The molecule has 0 amide bonds. The van der Waals surface area contributed by atoms with Crippen molar-refractivity contribution in [3.8, 4) is 0 Å². The molecule has 0 saturated carbocycles. The van der Waals surface area contributed by atoms with Gasteiger partial charge in [0.05, 0.1) is 6.10 Å². The van der Waals surface area contributed by atoms with Crippen LogP contribution in [-0.4, -0.2) is 23.3 Å². The average molecular weight is 238 g/mol. The Morgan fingerprint density at radius 1 is 1.29 bits per heavy atom. The largest absolute Gasteiger partial charge is 0.461 e. The summed E-state index contributed by atoms with van der Waals surface area (Å²) in [5, 5.41) is 9.97. The van der Waals surface area contributed by atoms with E-state index >= 15 is 0 Å². The van der Waals surface area contributed by atoms with E-state index in [-0.39, 0.29) is 17.9 Å². The van der Waals surface area contributed by atoms with Crippen molar-refractivity contribution < 1.29 is 14.6 Å². The number of rotatable bonds is 8. The summed E-state index contributed by atoms with van der Waals surface area (Å²) in [5.74, 6) is -1.09. The summed E-state index contributed by atoms with van der Waals surface area (Å²) in [6.07, 6.45) is 4.05. The van der Waals surface area contributed by atoms with E-state index in [4.69, 9.17) is 4.74 Å². The van der Waals surface area contributed by atoms with Gasteiger partial charge < -0.3 is 9.84 Å². The number of aliphatic hydroxyl groups excluding tert-OH is 1. The number of ether oxygens (including phenoxy) is 1. The van der Waals surface area contributed by atoms with Crippen molar-refractivity contribution in [2.75, 3.05) is 0 Å². The molecule has 0 aliphatic rings. The molecular formula is C14H22O3. The SMILES string of the molecule is C=CC[C@H](C(C=C)C=C)[C@@H](O)C(=O)OC(C)C. The molecule has 0 heterocycles. The molecule has 0 aromatic carbocycles. The highest BCUT2D eigenvalue weighted by molar-refractivity contribution is 5.75. The molecule has 3 nitrogen and oxygen atoms in total. The normalized spacial score (nSPS) is 14.2. The standard InChI is InChI=1S/C14H22O3/c1-6-9-12(11(7-2)8-3)13(15)14(16)17-10(4)5/h6-8,10-13,15H,1-3,9H2,4-5H3/t12-,13-/m1/s1. The van der Waals surface area contributed by atoms with Crippen LogP contribution in [0.4, 0.5) is 0 Å². The van der Waals surface area contributed by atoms with E-state index < -0.39 is 12.1 Å². The van der Waals surface area contributed by atoms with E-state index in [1.807, 2.05) is 0 Å². The van der Waals surface area contributed by atoms with E-state index in [0.29, 0.717) is 6.42 Å². The fourth-order valence-electron chi connectivity index (χ4n) is 1.61. The Hall–Kier alpha value is -1.35. The zero-order valence-electron chi connectivity index (χ0n) is 10.6. The average Bonchev–Trinajstić information content (AvgIpc) is 2.27. The van der Waals surface area contributed by atoms with Gasteiger partial charge in [-0.2, -0.15) is 0 Å². The van der Waals surface area contributed by atoms with Crippen LogP contribution in [0.2, 0.25) is 0 Å². The Balaban J connectivity index is 4.79. The Morgan fingerprint density at radius 3 is 2.18 bits per heavy atom. The molecule has 0 spiro atoms. The van der Waals surface area contributed by atoms with Crippen LogP contribution >= 0.6 is 0 Å². The molecule has 2 atom stereocenters. The first-order valence-corrected chi connectivity index (χ1v) is 5.72. The minimum atomic E-state index is -1.18. The van der Waals surface area contributed by atoms with Gasteiger partial charge in [-0.15, -0.1) is 19.7 Å². The highest BCUT2D eigenvalue weighted by atomic mass is 16.6. The number of carbonyl (C=O) groups excluding carboxylic acids is 1. The van der Waals surface area contributed by atoms with Crippen molar-refractivity contribution in [1.29, 1.82) is 0 Å². The van der Waals surface area contributed by atoms with E-state index in [9.17, 15) is 9.90 Å². The third-order valence-electron chi connectivity index (χ3n) is 2.48. The van der Waals surface area contributed by atoms with Gasteiger partial charge in [0.15, 0.2) is 6.10 Å². The van der Waals surface area contributed by atoms with Gasteiger partial charge in [-0.1, -0.05) is 18.2 Å². The summed E-state index contributed by atoms with van der Waals surface area (Å²) >= 11 is 0. The zero-order chi connectivity index (χ0) is 13.4. The first-order valence-electron chi connectivity index (χ1n) is 5.72. The lowest BCUT2D eigenvalue weighted by Crippen LogP contribution is -2.35. The summed E-state index contributed by atoms with van der Waals surface area (Å²) < 4.78 is 4.99. The van der Waals surface area contributed by atoms with Gasteiger partial charge in [0.1, 0.15) is 0 Å². The van der Waals surface area contributed by atoms with Crippen LogP contribution in [-0.2, 0) is 9.53 Å². The molecule has 0 saturated heterocycles. The van der Waals surface area contributed by atoms with Crippen LogP contribution < -0.4 is 0 Å². The lowest BCUT2D eigenvalue weighted by atomic mass is 9.85. The zero-order valence-corrected chi connectivity index (χ0v) is 10.6. The second kappa shape index (κ2) is 7.85. The van der Waals surface area contributed by atoms with Crippen LogP contribution in [0.1, 0.15) is 20.3 Å². The van der Waals surface area contributed by atoms with Gasteiger partial charge in [-0.05, 0) is 20.3 Å². The predicted molar refractivity (Wildman–Crippen MR) is 69.4 cm³/mol. The molecule has 0 rings (SSSR count). The lowest BCUT2D eigenvalue weighted by Gasteiger charge is -2.25. The molecule has 17 heavy (non-hydrogen) atoms. The minimum absolute atomic E-state index is 0.150. The van der Waals surface area contributed by atoms with Crippen LogP contribution in [0, 0.1) is 11.8 Å². The Kier molecular flexibility index (Phi) is 7.22. The summed E-state index contributed by atoms with van der Waals surface area (Å²) in [6, 6.07) is 0. The lowest BCUT2D eigenvalue weighted by molar-refractivity contribution is -0.161. The van der Waals surface area contributed by atoms with E-state index in [1.165, 1.54) is 0 Å².